The zero-order valence-corrected chi connectivity index (χ0v) is 37.8. The maximum absolute atomic E-state index is 14.0. The minimum atomic E-state index is -2.39. The van der Waals surface area contributed by atoms with E-state index in [1.807, 2.05) is 13.1 Å². The Morgan fingerprint density at radius 2 is 1.46 bits per heavy atom. The Kier molecular flexibility index (Phi) is 11.4. The Balaban J connectivity index is 1.12. The number of hydrogen-bond donors (Lipinski definition) is 2. The number of ether oxygens (including phenoxy) is 7. The quantitative estimate of drug-likeness (QED) is 0.156. The number of likely N-dealkylation sites (tertiary alicyclic amines) is 1. The summed E-state index contributed by atoms with van der Waals surface area (Å²) in [5.74, 6) is -4.19. The first-order chi connectivity index (χ1) is 28.4. The van der Waals surface area contributed by atoms with Gasteiger partial charge in [0.05, 0.1) is 37.1 Å². The molecule has 7 rings (SSSR count). The van der Waals surface area contributed by atoms with Crippen LogP contribution in [0.4, 0.5) is 0 Å². The van der Waals surface area contributed by atoms with Gasteiger partial charge < -0.3 is 48.2 Å². The molecule has 3 fully saturated rings. The van der Waals surface area contributed by atoms with Gasteiger partial charge in [-0.15, -0.1) is 0 Å². The van der Waals surface area contributed by atoms with Crippen LogP contribution in [0.3, 0.4) is 0 Å². The largest absolute Gasteiger partial charge is 0.541 e. The summed E-state index contributed by atoms with van der Waals surface area (Å²) in [7, 11) is -0.385. The van der Waals surface area contributed by atoms with Crippen LogP contribution in [0.15, 0.2) is 24.0 Å². The molecule has 0 unspecified atom stereocenters. The molecular weight excluding hydrogens is 811 g/mol. The van der Waals surface area contributed by atoms with Crippen LogP contribution in [0.1, 0.15) is 98.1 Å². The highest BCUT2D eigenvalue weighted by Crippen LogP contribution is 2.67. The zero-order chi connectivity index (χ0) is 44.5. The second-order valence-electron chi connectivity index (χ2n) is 19.3. The average Bonchev–Trinajstić information content (AvgIpc) is 3.72. The van der Waals surface area contributed by atoms with Crippen LogP contribution in [-0.2, 0) is 69.0 Å². The van der Waals surface area contributed by atoms with Crippen molar-refractivity contribution in [2.75, 3.05) is 26.7 Å². The van der Waals surface area contributed by atoms with Gasteiger partial charge in [0, 0.05) is 52.8 Å². The third kappa shape index (κ3) is 8.27. The van der Waals surface area contributed by atoms with Crippen LogP contribution in [-0.4, -0.2) is 117 Å². The molecule has 1 spiro atoms. The van der Waals surface area contributed by atoms with Gasteiger partial charge in [-0.1, -0.05) is 26.8 Å². The van der Waals surface area contributed by atoms with Crippen LogP contribution in [0.2, 0.25) is 18.1 Å². The number of carbonyl (C=O) groups is 6. The van der Waals surface area contributed by atoms with Crippen LogP contribution < -0.4 is 19.8 Å². The summed E-state index contributed by atoms with van der Waals surface area (Å²) in [4.78, 5) is 79.5. The number of nitrogens with one attached hydrogen (secondary N) is 2. The summed E-state index contributed by atoms with van der Waals surface area (Å²) >= 11 is 0. The van der Waals surface area contributed by atoms with E-state index in [0.717, 1.165) is 11.1 Å². The highest BCUT2D eigenvalue weighted by molar-refractivity contribution is 6.74. The molecule has 3 saturated heterocycles. The Labute approximate surface area is 356 Å². The molecule has 334 valence electrons. The van der Waals surface area contributed by atoms with E-state index in [0.29, 0.717) is 30.9 Å². The molecule has 17 nitrogen and oxygen atoms in total. The van der Waals surface area contributed by atoms with Crippen LogP contribution in [0.5, 0.6) is 11.5 Å². The molecule has 6 atom stereocenters. The predicted octanol–water partition coefficient (Wildman–Crippen LogP) is 3.59. The van der Waals surface area contributed by atoms with Crippen LogP contribution >= 0.6 is 0 Å². The number of benzene rings is 1. The molecule has 4 aliphatic heterocycles. The minimum absolute atomic E-state index is 0.0380. The maximum Gasteiger partial charge on any atom is 0.338 e. The highest BCUT2D eigenvalue weighted by Gasteiger charge is 2.74. The second-order valence-corrected chi connectivity index (χ2v) is 24.0. The van der Waals surface area contributed by atoms with Crippen LogP contribution in [0, 0.1) is 0 Å². The van der Waals surface area contributed by atoms with Crippen molar-refractivity contribution < 1.29 is 66.4 Å². The van der Waals surface area contributed by atoms with E-state index in [9.17, 15) is 28.8 Å². The van der Waals surface area contributed by atoms with Gasteiger partial charge in [-0.05, 0) is 62.3 Å². The van der Waals surface area contributed by atoms with Crippen LogP contribution in [0.25, 0.3) is 0 Å². The van der Waals surface area contributed by atoms with Gasteiger partial charge in [-0.25, -0.2) is 9.59 Å². The first-order valence-corrected chi connectivity index (χ1v) is 24.0. The average molecular weight is 870 g/mol. The summed E-state index contributed by atoms with van der Waals surface area (Å²) in [6.45, 7) is 17.7. The van der Waals surface area contributed by atoms with Gasteiger partial charge in [0.25, 0.3) is 8.32 Å². The van der Waals surface area contributed by atoms with Gasteiger partial charge in [0.15, 0.2) is 24.1 Å². The van der Waals surface area contributed by atoms with E-state index in [1.54, 1.807) is 33.8 Å². The molecule has 0 aromatic heterocycles. The van der Waals surface area contributed by atoms with Gasteiger partial charge in [-0.2, -0.15) is 0 Å². The number of likely N-dealkylation sites (N-methyl/N-ethyl adjacent to an activating group) is 1. The molecule has 18 heteroatoms. The molecule has 6 aliphatic rings. The monoisotopic (exact) mass is 869 g/mol. The minimum Gasteiger partial charge on any atom is -0.541 e. The lowest BCUT2D eigenvalue weighted by atomic mass is 9.50. The fourth-order valence-corrected chi connectivity index (χ4v) is 10.3. The lowest BCUT2D eigenvalue weighted by Crippen LogP contribution is -2.75. The fraction of sp³-hybridized carbons (Fsp3) is 0.674. The van der Waals surface area contributed by atoms with Crippen molar-refractivity contribution in [3.8, 4) is 11.5 Å². The van der Waals surface area contributed by atoms with E-state index in [-0.39, 0.29) is 62.0 Å². The van der Waals surface area contributed by atoms with E-state index in [1.165, 1.54) is 0 Å². The van der Waals surface area contributed by atoms with Gasteiger partial charge in [0.1, 0.15) is 17.1 Å². The number of esters is 4. The summed E-state index contributed by atoms with van der Waals surface area (Å²) < 4.78 is 48.0. The summed E-state index contributed by atoms with van der Waals surface area (Å²) in [6, 6.07) is 3.74. The van der Waals surface area contributed by atoms with Gasteiger partial charge >= 0.3 is 23.9 Å². The number of hydrogen-bond acceptors (Lipinski definition) is 15. The molecule has 4 heterocycles. The van der Waals surface area contributed by atoms with Crippen molar-refractivity contribution in [1.29, 1.82) is 0 Å². The van der Waals surface area contributed by atoms with Gasteiger partial charge in [-0.3, -0.25) is 24.1 Å². The molecular formula is C43H59N3O14Si. The fourth-order valence-electron chi connectivity index (χ4n) is 9.33. The summed E-state index contributed by atoms with van der Waals surface area (Å²) in [5, 5.41) is 5.23. The Hall–Kier alpha value is -4.52. The van der Waals surface area contributed by atoms with E-state index >= 15 is 0 Å². The van der Waals surface area contributed by atoms with Crippen molar-refractivity contribution in [3.63, 3.8) is 0 Å². The lowest BCUT2D eigenvalue weighted by Gasteiger charge is -2.62. The van der Waals surface area contributed by atoms with Crippen molar-refractivity contribution in [1.82, 2.24) is 15.5 Å². The smallest absolute Gasteiger partial charge is 0.338 e. The first-order valence-electron chi connectivity index (χ1n) is 21.1. The number of nitrogens with zero attached hydrogens (tertiary/aromatic N) is 1. The molecule has 0 radical (unpaired) electrons. The second kappa shape index (κ2) is 15.7. The SMILES string of the molecule is CN1CC[C@]23c4c5ccc(O[Si](C)(C)C(C)(C)C)c4O[C@H]2C(OC(=O)CCNC(=O)C[C@@H]2OC(C)(C)OC2=O)=CC[C@@]3(OC(=O)CCNC(=O)C[C@@H]2OC(C)(C)OC2=O)[C@H]1C5. The molecule has 2 aliphatic carbocycles. The summed E-state index contributed by atoms with van der Waals surface area (Å²) in [6.07, 6.45) is -0.765. The van der Waals surface area contributed by atoms with Gasteiger partial charge in [0.2, 0.25) is 23.4 Å². The number of cyclic esters (lactones) is 2. The topological polar surface area (TPSA) is 204 Å². The Bertz CT molecular complexity index is 2040. The molecule has 2 amide bonds. The zero-order valence-electron chi connectivity index (χ0n) is 36.8. The van der Waals surface area contributed by atoms with E-state index in [4.69, 9.17) is 37.6 Å². The number of carbonyl (C=O) groups excluding carboxylic acids is 6. The van der Waals surface area contributed by atoms with E-state index in [2.05, 4.69) is 55.5 Å². The number of amides is 2. The predicted molar refractivity (Wildman–Crippen MR) is 217 cm³/mol. The number of piperidine rings is 1. The molecule has 0 saturated carbocycles. The maximum atomic E-state index is 14.0. The molecule has 1 aromatic carbocycles. The molecule has 1 aromatic rings. The van der Waals surface area contributed by atoms with Crippen molar-refractivity contribution in [2.24, 2.45) is 0 Å². The summed E-state index contributed by atoms with van der Waals surface area (Å²) in [5.41, 5.74) is -0.224. The first kappa shape index (κ1) is 44.5. The van der Waals surface area contributed by atoms with Crippen molar-refractivity contribution in [3.05, 3.63) is 35.1 Å². The molecule has 2 bridgehead atoms. The van der Waals surface area contributed by atoms with Crippen molar-refractivity contribution >= 4 is 44.0 Å². The molecule has 2 N–H and O–H groups in total. The van der Waals surface area contributed by atoms with E-state index < -0.39 is 84.9 Å². The third-order valence-corrected chi connectivity index (χ3v) is 17.5. The number of rotatable bonds is 14. The highest BCUT2D eigenvalue weighted by atomic mass is 28.4. The van der Waals surface area contributed by atoms with Crippen molar-refractivity contribution in [2.45, 2.75) is 158 Å². The lowest BCUT2D eigenvalue weighted by molar-refractivity contribution is -0.206. The Morgan fingerprint density at radius 3 is 2.00 bits per heavy atom. The molecule has 61 heavy (non-hydrogen) atoms. The third-order valence-electron chi connectivity index (χ3n) is 13.1. The normalized spacial score (nSPS) is 29.3. The standard InChI is InChI=1S/C43H59N3O14Si/c1-39(2,3)61(9,10)60-25-12-11-24-21-29-43(57-33(50)15-19-45-31(48)23-28-38(52)59-41(6,7)56-28)16-13-26(36-42(43,17-20-46(29)8)34(24)35(25)54-36)53-32(49)14-18-44-30(47)22-27-37(51)58-40(4,5)55-27/h11-13,27-29,36H,14-23H2,1-10H3,(H,44,47)(H,45,48)/t27-,28-,29+,36-,42-,43+/m0/s1. The Morgan fingerprint density at radius 1 is 0.885 bits per heavy atom.